The number of para-hydroxylation sites is 1. The highest BCUT2D eigenvalue weighted by atomic mass is 35.5. The van der Waals surface area contributed by atoms with Crippen molar-refractivity contribution < 1.29 is 9.90 Å². The molecule has 1 aromatic heterocycles. The van der Waals surface area contributed by atoms with Gasteiger partial charge in [-0.15, -0.1) is 0 Å². The van der Waals surface area contributed by atoms with E-state index in [1.54, 1.807) is 0 Å². The van der Waals surface area contributed by atoms with Gasteiger partial charge in [-0.3, -0.25) is 4.79 Å². The van der Waals surface area contributed by atoms with Crippen molar-refractivity contribution in [3.8, 4) is 0 Å². The average Bonchev–Trinajstić information content (AvgIpc) is 2.78. The third-order valence-corrected chi connectivity index (χ3v) is 3.84. The fourth-order valence-corrected chi connectivity index (χ4v) is 2.84. The van der Waals surface area contributed by atoms with Gasteiger partial charge in [0.2, 0.25) is 0 Å². The Bertz CT molecular complexity index is 807. The lowest BCUT2D eigenvalue weighted by Gasteiger charge is -2.10. The lowest BCUT2D eigenvalue weighted by atomic mass is 10.0. The van der Waals surface area contributed by atoms with Crippen LogP contribution in [0.2, 0.25) is 5.02 Å². The molecule has 0 aliphatic rings. The van der Waals surface area contributed by atoms with E-state index in [1.165, 1.54) is 0 Å². The second kappa shape index (κ2) is 5.62. The molecular formula is C17H14ClNO2. The van der Waals surface area contributed by atoms with Crippen molar-refractivity contribution in [3.63, 3.8) is 0 Å². The summed E-state index contributed by atoms with van der Waals surface area (Å²) in [7, 11) is 0. The van der Waals surface area contributed by atoms with Crippen molar-refractivity contribution in [1.82, 2.24) is 4.57 Å². The summed E-state index contributed by atoms with van der Waals surface area (Å²) >= 11 is 6.25. The first-order valence-corrected chi connectivity index (χ1v) is 7.05. The Labute approximate surface area is 127 Å². The number of aliphatic carboxylic acids is 1. The van der Waals surface area contributed by atoms with Crippen LogP contribution in [0.1, 0.15) is 11.1 Å². The van der Waals surface area contributed by atoms with E-state index in [1.807, 2.05) is 54.7 Å². The molecule has 106 valence electrons. The summed E-state index contributed by atoms with van der Waals surface area (Å²) in [5.74, 6) is -0.821. The summed E-state index contributed by atoms with van der Waals surface area (Å²) in [6.07, 6.45) is 1.92. The molecule has 4 heteroatoms. The maximum Gasteiger partial charge on any atom is 0.307 e. The highest BCUT2D eigenvalue weighted by Gasteiger charge is 2.10. The molecule has 0 saturated carbocycles. The van der Waals surface area contributed by atoms with E-state index in [0.717, 1.165) is 22.0 Å². The Morgan fingerprint density at radius 1 is 1.05 bits per heavy atom. The Balaban J connectivity index is 2.01. The first kappa shape index (κ1) is 13.7. The van der Waals surface area contributed by atoms with Crippen LogP contribution in [0.4, 0.5) is 0 Å². The van der Waals surface area contributed by atoms with E-state index in [4.69, 9.17) is 16.7 Å². The van der Waals surface area contributed by atoms with Crippen LogP contribution in [-0.4, -0.2) is 15.6 Å². The second-order valence-electron chi connectivity index (χ2n) is 4.96. The molecule has 0 aliphatic heterocycles. The van der Waals surface area contributed by atoms with Crippen molar-refractivity contribution >= 4 is 28.5 Å². The zero-order chi connectivity index (χ0) is 14.8. The van der Waals surface area contributed by atoms with E-state index < -0.39 is 5.97 Å². The number of benzene rings is 2. The third kappa shape index (κ3) is 2.78. The maximum atomic E-state index is 11.0. The fraction of sp³-hybridized carbons (Fsp3) is 0.118. The molecule has 2 aromatic carbocycles. The molecule has 0 saturated heterocycles. The highest BCUT2D eigenvalue weighted by Crippen LogP contribution is 2.26. The normalized spacial score (nSPS) is 10.9. The molecule has 0 atom stereocenters. The summed E-state index contributed by atoms with van der Waals surface area (Å²) in [6.45, 7) is 0.608. The monoisotopic (exact) mass is 299 g/mol. The molecule has 0 bridgehead atoms. The van der Waals surface area contributed by atoms with Crippen LogP contribution in [-0.2, 0) is 17.8 Å². The quantitative estimate of drug-likeness (QED) is 0.792. The Kier molecular flexibility index (Phi) is 3.67. The third-order valence-electron chi connectivity index (χ3n) is 3.54. The molecule has 0 spiro atoms. The molecule has 1 N–H and O–H groups in total. The van der Waals surface area contributed by atoms with Gasteiger partial charge in [0.25, 0.3) is 0 Å². The van der Waals surface area contributed by atoms with Gasteiger partial charge in [-0.05, 0) is 17.2 Å². The number of hydrogen-bond donors (Lipinski definition) is 1. The molecular weight excluding hydrogens is 286 g/mol. The van der Waals surface area contributed by atoms with Gasteiger partial charge in [0.05, 0.1) is 11.4 Å². The Morgan fingerprint density at radius 2 is 1.71 bits per heavy atom. The Morgan fingerprint density at radius 3 is 2.48 bits per heavy atom. The van der Waals surface area contributed by atoms with Crippen molar-refractivity contribution in [2.75, 3.05) is 0 Å². The predicted octanol–water partition coefficient (Wildman–Crippen LogP) is 3.97. The summed E-state index contributed by atoms with van der Waals surface area (Å²) in [5.41, 5.74) is 2.88. The number of rotatable bonds is 4. The number of aromatic nitrogens is 1. The minimum absolute atomic E-state index is 0.0309. The van der Waals surface area contributed by atoms with E-state index >= 15 is 0 Å². The van der Waals surface area contributed by atoms with Gasteiger partial charge < -0.3 is 9.67 Å². The number of fused-ring (bicyclic) bond motifs is 1. The maximum absolute atomic E-state index is 11.0. The minimum atomic E-state index is -0.821. The van der Waals surface area contributed by atoms with Crippen LogP contribution in [0.15, 0.2) is 54.7 Å². The number of carboxylic acid groups (broad SMARTS) is 1. The molecule has 3 nitrogen and oxygen atoms in total. The zero-order valence-corrected chi connectivity index (χ0v) is 12.0. The second-order valence-corrected chi connectivity index (χ2v) is 5.37. The van der Waals surface area contributed by atoms with Gasteiger partial charge in [-0.25, -0.2) is 0 Å². The lowest BCUT2D eigenvalue weighted by molar-refractivity contribution is -0.136. The number of carboxylic acids is 1. The first-order chi connectivity index (χ1) is 10.1. The van der Waals surface area contributed by atoms with E-state index in [-0.39, 0.29) is 6.42 Å². The molecule has 0 aliphatic carbocycles. The van der Waals surface area contributed by atoms with Crippen LogP contribution in [0.5, 0.6) is 0 Å². The Hall–Kier alpha value is -2.26. The van der Waals surface area contributed by atoms with Crippen LogP contribution in [0.25, 0.3) is 10.9 Å². The van der Waals surface area contributed by atoms with Crippen molar-refractivity contribution in [2.45, 2.75) is 13.0 Å². The molecule has 21 heavy (non-hydrogen) atoms. The molecule has 3 rings (SSSR count). The van der Waals surface area contributed by atoms with Gasteiger partial charge in [0, 0.05) is 23.6 Å². The standard InChI is InChI=1S/C17H14ClNO2/c18-15-11-19(16-8-4-3-7-14(15)16)10-13-6-2-1-5-12(13)9-17(20)21/h1-8,11H,9-10H2,(H,20,21). The predicted molar refractivity (Wildman–Crippen MR) is 83.8 cm³/mol. The number of halogens is 1. The zero-order valence-electron chi connectivity index (χ0n) is 11.3. The smallest absolute Gasteiger partial charge is 0.307 e. The summed E-state index contributed by atoms with van der Waals surface area (Å²) in [4.78, 5) is 11.0. The van der Waals surface area contributed by atoms with Gasteiger partial charge in [0.1, 0.15) is 0 Å². The highest BCUT2D eigenvalue weighted by molar-refractivity contribution is 6.35. The molecule has 0 radical (unpaired) electrons. The summed E-state index contributed by atoms with van der Waals surface area (Å²) in [5, 5.41) is 10.7. The average molecular weight is 300 g/mol. The SMILES string of the molecule is O=C(O)Cc1ccccc1Cn1cc(Cl)c2ccccc21. The molecule has 3 aromatic rings. The first-order valence-electron chi connectivity index (χ1n) is 6.67. The minimum Gasteiger partial charge on any atom is -0.481 e. The van der Waals surface area contributed by atoms with Gasteiger partial charge in [-0.2, -0.15) is 0 Å². The van der Waals surface area contributed by atoms with Crippen LogP contribution in [0, 0.1) is 0 Å². The van der Waals surface area contributed by atoms with Crippen molar-refractivity contribution in [1.29, 1.82) is 0 Å². The lowest BCUT2D eigenvalue weighted by Crippen LogP contribution is -2.06. The van der Waals surface area contributed by atoms with E-state index in [2.05, 4.69) is 4.57 Å². The number of carbonyl (C=O) groups is 1. The number of nitrogens with zero attached hydrogens (tertiary/aromatic N) is 1. The van der Waals surface area contributed by atoms with E-state index in [0.29, 0.717) is 11.6 Å². The van der Waals surface area contributed by atoms with Gasteiger partial charge in [-0.1, -0.05) is 54.1 Å². The van der Waals surface area contributed by atoms with Crippen molar-refractivity contribution in [2.24, 2.45) is 0 Å². The van der Waals surface area contributed by atoms with Crippen LogP contribution >= 0.6 is 11.6 Å². The van der Waals surface area contributed by atoms with E-state index in [9.17, 15) is 4.79 Å². The topological polar surface area (TPSA) is 42.2 Å². The van der Waals surface area contributed by atoms with Gasteiger partial charge in [0.15, 0.2) is 0 Å². The number of hydrogen-bond acceptors (Lipinski definition) is 1. The molecule has 1 heterocycles. The molecule has 0 amide bonds. The molecule has 0 unspecified atom stereocenters. The molecule has 0 fully saturated rings. The van der Waals surface area contributed by atoms with Crippen molar-refractivity contribution in [3.05, 3.63) is 70.9 Å². The van der Waals surface area contributed by atoms with Crippen LogP contribution in [0.3, 0.4) is 0 Å². The van der Waals surface area contributed by atoms with Crippen LogP contribution < -0.4 is 0 Å². The largest absolute Gasteiger partial charge is 0.481 e. The summed E-state index contributed by atoms with van der Waals surface area (Å²) in [6, 6.07) is 15.5. The summed E-state index contributed by atoms with van der Waals surface area (Å²) < 4.78 is 2.05. The van der Waals surface area contributed by atoms with Gasteiger partial charge >= 0.3 is 5.97 Å². The fourth-order valence-electron chi connectivity index (χ4n) is 2.56.